The second-order valence-corrected chi connectivity index (χ2v) is 8.16. The molecule has 4 nitrogen and oxygen atoms in total. The van der Waals surface area contributed by atoms with Gasteiger partial charge in [0.1, 0.15) is 11.4 Å². The van der Waals surface area contributed by atoms with Crippen LogP contribution in [-0.2, 0) is 12.1 Å². The van der Waals surface area contributed by atoms with Crippen LogP contribution < -0.4 is 10.1 Å². The summed E-state index contributed by atoms with van der Waals surface area (Å²) in [6, 6.07) is 26.2. The minimum atomic E-state index is -0.651. The van der Waals surface area contributed by atoms with Crippen LogP contribution in [0.1, 0.15) is 48.2 Å². The van der Waals surface area contributed by atoms with E-state index < -0.39 is 5.66 Å². The van der Waals surface area contributed by atoms with Gasteiger partial charge < -0.3 is 15.0 Å². The second-order valence-electron chi connectivity index (χ2n) is 8.16. The molecular formula is C27H30N2O2. The van der Waals surface area contributed by atoms with Gasteiger partial charge in [-0.05, 0) is 55.2 Å². The van der Waals surface area contributed by atoms with Crippen molar-refractivity contribution in [1.29, 1.82) is 0 Å². The average molecular weight is 415 g/mol. The van der Waals surface area contributed by atoms with E-state index in [-0.39, 0.29) is 5.91 Å². The van der Waals surface area contributed by atoms with Crippen LogP contribution >= 0.6 is 0 Å². The number of benzene rings is 3. The highest BCUT2D eigenvalue weighted by Gasteiger charge is 2.42. The van der Waals surface area contributed by atoms with Gasteiger partial charge in [-0.1, -0.05) is 67.9 Å². The molecule has 1 atom stereocenters. The van der Waals surface area contributed by atoms with Gasteiger partial charge in [0.2, 0.25) is 0 Å². The lowest BCUT2D eigenvalue weighted by atomic mass is 9.93. The molecule has 1 unspecified atom stereocenters. The van der Waals surface area contributed by atoms with E-state index in [1.807, 2.05) is 59.5 Å². The third kappa shape index (κ3) is 4.43. The third-order valence-electron chi connectivity index (χ3n) is 5.97. The molecule has 3 aromatic carbocycles. The molecule has 1 heterocycles. The van der Waals surface area contributed by atoms with E-state index in [2.05, 4.69) is 43.4 Å². The van der Waals surface area contributed by atoms with Crippen LogP contribution in [0.15, 0.2) is 78.9 Å². The molecule has 4 rings (SSSR count). The fourth-order valence-corrected chi connectivity index (χ4v) is 4.11. The van der Waals surface area contributed by atoms with Crippen molar-refractivity contribution in [3.63, 3.8) is 0 Å². The monoisotopic (exact) mass is 414 g/mol. The van der Waals surface area contributed by atoms with E-state index in [0.29, 0.717) is 12.1 Å². The first kappa shape index (κ1) is 21.0. The molecule has 1 amide bonds. The first-order chi connectivity index (χ1) is 15.1. The summed E-state index contributed by atoms with van der Waals surface area (Å²) < 4.78 is 5.83. The second kappa shape index (κ2) is 9.25. The van der Waals surface area contributed by atoms with E-state index in [1.54, 1.807) is 0 Å². The molecule has 31 heavy (non-hydrogen) atoms. The Morgan fingerprint density at radius 1 is 0.935 bits per heavy atom. The van der Waals surface area contributed by atoms with Crippen molar-refractivity contribution in [3.8, 4) is 5.75 Å². The number of unbranched alkanes of at least 4 members (excludes halogenated alkanes) is 1. The van der Waals surface area contributed by atoms with E-state index in [0.717, 1.165) is 42.9 Å². The molecule has 0 aromatic heterocycles. The number of carbonyl (C=O) groups is 1. The number of nitrogens with one attached hydrogen (secondary N) is 1. The van der Waals surface area contributed by atoms with Gasteiger partial charge in [-0.25, -0.2) is 0 Å². The molecule has 0 radical (unpaired) electrons. The van der Waals surface area contributed by atoms with Crippen LogP contribution in [0.25, 0.3) is 0 Å². The van der Waals surface area contributed by atoms with Crippen LogP contribution in [0.5, 0.6) is 5.75 Å². The number of hydrogen-bond donors (Lipinski definition) is 1. The predicted octanol–water partition coefficient (Wildman–Crippen LogP) is 5.85. The summed E-state index contributed by atoms with van der Waals surface area (Å²) in [4.78, 5) is 15.5. The van der Waals surface area contributed by atoms with E-state index in [9.17, 15) is 4.79 Å². The summed E-state index contributed by atoms with van der Waals surface area (Å²) in [5.41, 5.74) is 3.19. The normalized spacial score (nSPS) is 17.7. The predicted molar refractivity (Wildman–Crippen MR) is 125 cm³/mol. The number of anilines is 1. The maximum absolute atomic E-state index is 13.5. The average Bonchev–Trinajstić information content (AvgIpc) is 2.80. The van der Waals surface area contributed by atoms with Gasteiger partial charge in [-0.2, -0.15) is 0 Å². The molecule has 0 aliphatic carbocycles. The van der Waals surface area contributed by atoms with Crippen molar-refractivity contribution in [2.75, 3.05) is 18.5 Å². The molecular weight excluding hydrogens is 384 g/mol. The zero-order valence-electron chi connectivity index (χ0n) is 18.3. The Morgan fingerprint density at radius 3 is 2.39 bits per heavy atom. The molecule has 0 saturated heterocycles. The van der Waals surface area contributed by atoms with Crippen LogP contribution in [0, 0.1) is 0 Å². The van der Waals surface area contributed by atoms with Gasteiger partial charge in [0.15, 0.2) is 0 Å². The van der Waals surface area contributed by atoms with Crippen molar-refractivity contribution >= 4 is 11.6 Å². The topological polar surface area (TPSA) is 41.6 Å². The fraction of sp³-hybridized carbons (Fsp3) is 0.296. The highest BCUT2D eigenvalue weighted by Crippen LogP contribution is 2.38. The molecule has 1 aliphatic heterocycles. The van der Waals surface area contributed by atoms with Gasteiger partial charge in [-0.15, -0.1) is 0 Å². The van der Waals surface area contributed by atoms with Crippen LogP contribution in [0.4, 0.5) is 5.69 Å². The minimum absolute atomic E-state index is 0.0519. The highest BCUT2D eigenvalue weighted by molar-refractivity contribution is 6.02. The smallest absolute Gasteiger partial charge is 0.258 e. The summed E-state index contributed by atoms with van der Waals surface area (Å²) in [5.74, 6) is 0.912. The quantitative estimate of drug-likeness (QED) is 0.470. The number of para-hydroxylation sites is 1. The summed E-state index contributed by atoms with van der Waals surface area (Å²) in [7, 11) is 0. The van der Waals surface area contributed by atoms with Crippen molar-refractivity contribution in [2.24, 2.45) is 0 Å². The van der Waals surface area contributed by atoms with Gasteiger partial charge in [-0.3, -0.25) is 4.79 Å². The lowest BCUT2D eigenvalue weighted by Gasteiger charge is -2.47. The lowest BCUT2D eigenvalue weighted by molar-refractivity contribution is 0.0539. The van der Waals surface area contributed by atoms with Crippen LogP contribution in [0.2, 0.25) is 0 Å². The Balaban J connectivity index is 1.63. The first-order valence-electron chi connectivity index (χ1n) is 11.1. The molecule has 3 aromatic rings. The largest absolute Gasteiger partial charge is 0.494 e. The van der Waals surface area contributed by atoms with E-state index >= 15 is 0 Å². The van der Waals surface area contributed by atoms with Crippen molar-refractivity contribution in [1.82, 2.24) is 4.90 Å². The number of hydrogen-bond acceptors (Lipinski definition) is 3. The van der Waals surface area contributed by atoms with Crippen molar-refractivity contribution < 1.29 is 9.53 Å². The fourth-order valence-electron chi connectivity index (χ4n) is 4.11. The number of nitrogens with zero attached hydrogens (tertiary/aromatic N) is 1. The number of amides is 1. The van der Waals surface area contributed by atoms with Crippen molar-refractivity contribution in [3.05, 3.63) is 95.6 Å². The van der Waals surface area contributed by atoms with Gasteiger partial charge >= 0.3 is 0 Å². The Labute approximate surface area is 184 Å². The number of carbonyl (C=O) groups excluding carboxylic acids is 1. The Morgan fingerprint density at radius 2 is 1.65 bits per heavy atom. The minimum Gasteiger partial charge on any atom is -0.494 e. The Bertz CT molecular complexity index is 1020. The lowest BCUT2D eigenvalue weighted by Crippen LogP contribution is -2.56. The number of rotatable bonds is 8. The summed E-state index contributed by atoms with van der Waals surface area (Å²) in [5, 5.41) is 3.64. The third-order valence-corrected chi connectivity index (χ3v) is 5.97. The SMILES string of the molecule is CCCCOc1ccc(C2(C)Nc3ccccc3C(=O)N2CCc2ccccc2)cc1. The summed E-state index contributed by atoms with van der Waals surface area (Å²) in [6.45, 7) is 5.58. The number of ether oxygens (including phenoxy) is 1. The van der Waals surface area contributed by atoms with Gasteiger partial charge in [0.05, 0.1) is 12.2 Å². The molecule has 1 aliphatic rings. The van der Waals surface area contributed by atoms with Crippen LogP contribution in [0.3, 0.4) is 0 Å². The van der Waals surface area contributed by atoms with Crippen molar-refractivity contribution in [2.45, 2.75) is 38.8 Å². The number of fused-ring (bicyclic) bond motifs is 1. The zero-order valence-corrected chi connectivity index (χ0v) is 18.3. The Kier molecular flexibility index (Phi) is 6.26. The molecule has 0 spiro atoms. The van der Waals surface area contributed by atoms with E-state index in [1.165, 1.54) is 5.56 Å². The molecule has 0 fully saturated rings. The highest BCUT2D eigenvalue weighted by atomic mass is 16.5. The maximum Gasteiger partial charge on any atom is 0.258 e. The first-order valence-corrected chi connectivity index (χ1v) is 11.1. The zero-order chi connectivity index (χ0) is 21.7. The molecule has 1 N–H and O–H groups in total. The Hall–Kier alpha value is -3.27. The molecule has 0 bridgehead atoms. The molecule has 4 heteroatoms. The van der Waals surface area contributed by atoms with Crippen LogP contribution in [-0.4, -0.2) is 24.0 Å². The molecule has 0 saturated carbocycles. The molecule has 160 valence electrons. The summed E-state index contributed by atoms with van der Waals surface area (Å²) >= 11 is 0. The maximum atomic E-state index is 13.5. The van der Waals surface area contributed by atoms with Gasteiger partial charge in [0.25, 0.3) is 5.91 Å². The summed E-state index contributed by atoms with van der Waals surface area (Å²) in [6.07, 6.45) is 2.95. The standard InChI is InChI=1S/C27H30N2O2/c1-3-4-20-31-23-16-14-22(15-17-23)27(2)28-25-13-9-8-12-24(25)26(30)29(27)19-18-21-10-6-5-7-11-21/h5-17,28H,3-4,18-20H2,1-2H3. The van der Waals surface area contributed by atoms with Gasteiger partial charge in [0, 0.05) is 12.2 Å². The van der Waals surface area contributed by atoms with E-state index in [4.69, 9.17) is 4.74 Å².